The fraction of sp³-hybridized carbons (Fsp3) is 0.0870. The van der Waals surface area contributed by atoms with Crippen molar-refractivity contribution in [1.82, 2.24) is 15.0 Å². The van der Waals surface area contributed by atoms with Crippen LogP contribution in [0, 0.1) is 0 Å². The van der Waals surface area contributed by atoms with Crippen molar-refractivity contribution >= 4 is 40.5 Å². The Morgan fingerprint density at radius 1 is 1.00 bits per heavy atom. The molecule has 0 fully saturated rings. The third-order valence-corrected chi connectivity index (χ3v) is 5.20. The first kappa shape index (κ1) is 22.3. The summed E-state index contributed by atoms with van der Waals surface area (Å²) in [6, 6.07) is 10.5. The van der Waals surface area contributed by atoms with E-state index in [9.17, 15) is 24.3 Å². The molecule has 2 aromatic heterocycles. The number of amides is 1. The fourth-order valence-corrected chi connectivity index (χ4v) is 3.59. The fourth-order valence-electron chi connectivity index (χ4n) is 3.59. The molecule has 4 rings (SSSR count). The van der Waals surface area contributed by atoms with Crippen LogP contribution in [-0.4, -0.2) is 43.0 Å². The first-order chi connectivity index (χ1) is 16.2. The number of fused-ring (bicyclic) bond motifs is 1. The number of nitrogens with two attached hydrogens (primary N) is 1. The summed E-state index contributed by atoms with van der Waals surface area (Å²) in [6.07, 6.45) is 1.70. The summed E-state index contributed by atoms with van der Waals surface area (Å²) in [5.74, 6) is -2.82. The van der Waals surface area contributed by atoms with Crippen LogP contribution >= 0.6 is 0 Å². The number of carboxylic acid groups (broad SMARTS) is 2. The van der Waals surface area contributed by atoms with Crippen LogP contribution in [-0.2, 0) is 17.6 Å². The van der Waals surface area contributed by atoms with Gasteiger partial charge in [0.15, 0.2) is 0 Å². The Morgan fingerprint density at radius 2 is 1.71 bits per heavy atom. The minimum absolute atomic E-state index is 0.0154. The highest BCUT2D eigenvalue weighted by molar-refractivity contribution is 6.05. The van der Waals surface area contributed by atoms with Gasteiger partial charge in [-0.05, 0) is 47.4 Å². The van der Waals surface area contributed by atoms with E-state index in [0.717, 1.165) is 5.56 Å². The number of nitrogens with zero attached hydrogens (tertiary/aromatic N) is 1. The third kappa shape index (κ3) is 4.63. The predicted octanol–water partition coefficient (Wildman–Crippen LogP) is 2.00. The van der Waals surface area contributed by atoms with Crippen molar-refractivity contribution in [3.8, 4) is 0 Å². The van der Waals surface area contributed by atoms with Crippen LogP contribution in [0.25, 0.3) is 11.0 Å². The highest BCUT2D eigenvalue weighted by atomic mass is 16.4. The molecule has 0 aliphatic heterocycles. The molecule has 0 unspecified atom stereocenters. The van der Waals surface area contributed by atoms with Gasteiger partial charge in [0.25, 0.3) is 11.5 Å². The molecular weight excluding hydrogens is 442 g/mol. The van der Waals surface area contributed by atoms with Crippen LogP contribution in [0.15, 0.2) is 53.5 Å². The smallest absolute Gasteiger partial charge is 0.335 e. The monoisotopic (exact) mass is 461 g/mol. The highest BCUT2D eigenvalue weighted by Crippen LogP contribution is 2.21. The van der Waals surface area contributed by atoms with E-state index in [4.69, 9.17) is 10.8 Å². The maximum atomic E-state index is 12.7. The molecule has 7 N–H and O–H groups in total. The number of hydrogen-bond donors (Lipinski definition) is 6. The number of carboxylic acids is 2. The lowest BCUT2D eigenvalue weighted by Crippen LogP contribution is -2.15. The summed E-state index contributed by atoms with van der Waals surface area (Å²) in [5, 5.41) is 21.3. The van der Waals surface area contributed by atoms with Crippen molar-refractivity contribution < 1.29 is 24.6 Å². The summed E-state index contributed by atoms with van der Waals surface area (Å²) in [4.78, 5) is 56.8. The van der Waals surface area contributed by atoms with Gasteiger partial charge in [0.1, 0.15) is 5.65 Å². The maximum absolute atomic E-state index is 12.7. The van der Waals surface area contributed by atoms with Gasteiger partial charge in [-0.3, -0.25) is 19.4 Å². The van der Waals surface area contributed by atoms with Crippen LogP contribution < -0.4 is 16.6 Å². The third-order valence-electron chi connectivity index (χ3n) is 5.20. The van der Waals surface area contributed by atoms with Crippen LogP contribution in [0.3, 0.4) is 0 Å². The van der Waals surface area contributed by atoms with Crippen molar-refractivity contribution in [2.45, 2.75) is 12.8 Å². The number of nitrogens with one attached hydrogen (secondary N) is 3. The molecular formula is C23H19N5O6. The first-order valence-electron chi connectivity index (χ1n) is 10.1. The zero-order valence-corrected chi connectivity index (χ0v) is 17.6. The molecule has 0 atom stereocenters. The Hall–Kier alpha value is -4.93. The molecule has 0 saturated heterocycles. The van der Waals surface area contributed by atoms with E-state index in [-0.39, 0.29) is 40.3 Å². The zero-order chi connectivity index (χ0) is 24.4. The van der Waals surface area contributed by atoms with E-state index in [0.29, 0.717) is 23.0 Å². The number of aliphatic carboxylic acids is 1. The van der Waals surface area contributed by atoms with Gasteiger partial charge in [0.05, 0.1) is 17.4 Å². The second-order valence-electron chi connectivity index (χ2n) is 7.56. The number of aromatic carboxylic acids is 1. The standard InChI is InChI=1S/C23H19N5O6/c24-23-27-19-18(21(32)28-23)15(10-25-19)7-11-1-3-12(4-2-11)20(31)26-16-8-14(22(33)34)6-5-13(16)9-17(29)30/h1-6,8,10H,7,9H2,(H,26,31)(H,29,30)(H,33,34)(H4,24,25,27,28,32). The number of nitrogen functional groups attached to an aromatic ring is 1. The Bertz CT molecular complexity index is 1490. The van der Waals surface area contributed by atoms with Gasteiger partial charge in [-0.1, -0.05) is 18.2 Å². The molecule has 11 nitrogen and oxygen atoms in total. The number of rotatable bonds is 7. The number of anilines is 2. The van der Waals surface area contributed by atoms with E-state index >= 15 is 0 Å². The van der Waals surface area contributed by atoms with Crippen LogP contribution in [0.2, 0.25) is 0 Å². The van der Waals surface area contributed by atoms with Crippen molar-refractivity contribution in [3.63, 3.8) is 0 Å². The lowest BCUT2D eigenvalue weighted by molar-refractivity contribution is -0.136. The average molecular weight is 461 g/mol. The summed E-state index contributed by atoms with van der Waals surface area (Å²) >= 11 is 0. The highest BCUT2D eigenvalue weighted by Gasteiger charge is 2.15. The topological polar surface area (TPSA) is 191 Å². The van der Waals surface area contributed by atoms with Crippen molar-refractivity contribution in [1.29, 1.82) is 0 Å². The number of carbonyl (C=O) groups excluding carboxylic acids is 1. The van der Waals surface area contributed by atoms with Gasteiger partial charge in [0, 0.05) is 17.4 Å². The molecule has 0 spiro atoms. The van der Waals surface area contributed by atoms with Gasteiger partial charge in [0.2, 0.25) is 5.95 Å². The summed E-state index contributed by atoms with van der Waals surface area (Å²) in [5.41, 5.74) is 7.73. The molecule has 0 bridgehead atoms. The number of aromatic nitrogens is 3. The van der Waals surface area contributed by atoms with E-state index in [2.05, 4.69) is 20.3 Å². The molecule has 4 aromatic rings. The summed E-state index contributed by atoms with van der Waals surface area (Å²) < 4.78 is 0. The predicted molar refractivity (Wildman–Crippen MR) is 123 cm³/mol. The van der Waals surface area contributed by atoms with Crippen LogP contribution in [0.4, 0.5) is 11.6 Å². The lowest BCUT2D eigenvalue weighted by Gasteiger charge is -2.11. The largest absolute Gasteiger partial charge is 0.481 e. The molecule has 1 amide bonds. The van der Waals surface area contributed by atoms with Gasteiger partial charge in [-0.25, -0.2) is 4.79 Å². The van der Waals surface area contributed by atoms with Gasteiger partial charge >= 0.3 is 11.9 Å². The van der Waals surface area contributed by atoms with Crippen LogP contribution in [0.1, 0.15) is 37.4 Å². The summed E-state index contributed by atoms with van der Waals surface area (Å²) in [6.45, 7) is 0. The zero-order valence-electron chi connectivity index (χ0n) is 17.6. The Labute approximate surface area is 191 Å². The maximum Gasteiger partial charge on any atom is 0.335 e. The average Bonchev–Trinajstić information content (AvgIpc) is 3.17. The van der Waals surface area contributed by atoms with Gasteiger partial charge in [-0.2, -0.15) is 4.98 Å². The SMILES string of the molecule is Nc1nc2[nH]cc(Cc3ccc(C(=O)Nc4cc(C(=O)O)ccc4CC(=O)O)cc3)c2c(=O)[nH]1. The normalized spacial score (nSPS) is 10.8. The Balaban J connectivity index is 1.54. The number of hydrogen-bond acceptors (Lipinski definition) is 6. The molecule has 172 valence electrons. The second kappa shape index (κ2) is 8.90. The molecule has 34 heavy (non-hydrogen) atoms. The van der Waals surface area contributed by atoms with E-state index < -0.39 is 17.8 Å². The van der Waals surface area contributed by atoms with Gasteiger partial charge < -0.3 is 26.2 Å². The second-order valence-corrected chi connectivity index (χ2v) is 7.56. The first-order valence-corrected chi connectivity index (χ1v) is 10.1. The molecule has 0 radical (unpaired) electrons. The van der Waals surface area contributed by atoms with E-state index in [1.54, 1.807) is 30.5 Å². The molecule has 2 aromatic carbocycles. The van der Waals surface area contributed by atoms with Crippen molar-refractivity contribution in [2.75, 3.05) is 11.1 Å². The van der Waals surface area contributed by atoms with Crippen molar-refractivity contribution in [3.05, 3.63) is 86.8 Å². The minimum Gasteiger partial charge on any atom is -0.481 e. The summed E-state index contributed by atoms with van der Waals surface area (Å²) in [7, 11) is 0. The van der Waals surface area contributed by atoms with E-state index in [1.807, 2.05) is 0 Å². The quantitative estimate of drug-likeness (QED) is 0.241. The van der Waals surface area contributed by atoms with Crippen molar-refractivity contribution in [2.24, 2.45) is 0 Å². The molecule has 0 aliphatic rings. The van der Waals surface area contributed by atoms with Crippen LogP contribution in [0.5, 0.6) is 0 Å². The minimum atomic E-state index is -1.20. The van der Waals surface area contributed by atoms with E-state index in [1.165, 1.54) is 18.2 Å². The van der Waals surface area contributed by atoms with Gasteiger partial charge in [-0.15, -0.1) is 0 Å². The molecule has 0 saturated carbocycles. The molecule has 2 heterocycles. The number of benzene rings is 2. The number of carbonyl (C=O) groups is 3. The lowest BCUT2D eigenvalue weighted by atomic mass is 10.0. The Kier molecular flexibility index (Phi) is 5.83. The number of H-pyrrole nitrogens is 2. The Morgan fingerprint density at radius 3 is 2.38 bits per heavy atom. The number of aromatic amines is 2. The molecule has 11 heteroatoms. The molecule has 0 aliphatic carbocycles.